The monoisotopic (exact) mass is 504 g/mol. The third kappa shape index (κ3) is 4.60. The molecule has 2 N–H and O–H groups in total. The number of carbonyl (C=O) groups is 2. The van der Waals surface area contributed by atoms with Crippen molar-refractivity contribution in [1.82, 2.24) is 13.9 Å². The molecule has 1 saturated heterocycles. The first-order valence-corrected chi connectivity index (χ1v) is 12.5. The van der Waals surface area contributed by atoms with E-state index in [4.69, 9.17) is 22.1 Å². The molecule has 3 heterocycles. The Kier molecular flexibility index (Phi) is 6.30. The molecule has 11 heteroatoms. The van der Waals surface area contributed by atoms with Crippen molar-refractivity contribution in [1.29, 1.82) is 0 Å². The molecule has 1 aromatic carbocycles. The second-order valence-electron chi connectivity index (χ2n) is 8.88. The van der Waals surface area contributed by atoms with Crippen molar-refractivity contribution in [2.45, 2.75) is 43.7 Å². The van der Waals surface area contributed by atoms with E-state index >= 15 is 0 Å². The van der Waals surface area contributed by atoms with Crippen LogP contribution in [-0.2, 0) is 26.1 Å². The van der Waals surface area contributed by atoms with Crippen molar-refractivity contribution in [3.05, 3.63) is 59.5 Å². The molecule has 0 unspecified atom stereocenters. The van der Waals surface area contributed by atoms with Crippen molar-refractivity contribution in [2.75, 3.05) is 6.54 Å². The van der Waals surface area contributed by atoms with Crippen molar-refractivity contribution < 1.29 is 22.7 Å². The Labute approximate surface area is 202 Å². The Morgan fingerprint density at radius 1 is 1.26 bits per heavy atom. The van der Waals surface area contributed by atoms with Gasteiger partial charge in [0.15, 0.2) is 0 Å². The Hall–Kier alpha value is -3.11. The largest absolute Gasteiger partial charge is 0.444 e. The molecule has 0 bridgehead atoms. The Balaban J connectivity index is 1.68. The summed E-state index contributed by atoms with van der Waals surface area (Å²) in [7, 11) is -3.96. The fourth-order valence-electron chi connectivity index (χ4n) is 4.47. The molecule has 2 amide bonds. The number of hydrogen-bond acceptors (Lipinski definition) is 6. The van der Waals surface area contributed by atoms with E-state index in [1.807, 2.05) is 0 Å². The average Bonchev–Trinajstić information content (AvgIpc) is 3.30. The number of ether oxygens (including phenoxy) is 1. The highest BCUT2D eigenvalue weighted by molar-refractivity contribution is 7.90. The zero-order valence-corrected chi connectivity index (χ0v) is 20.3. The zero-order valence-electron chi connectivity index (χ0n) is 18.8. The number of hydrogen-bond donors (Lipinski definition) is 1. The van der Waals surface area contributed by atoms with Gasteiger partial charge in [0, 0.05) is 24.0 Å². The second kappa shape index (κ2) is 8.92. The molecular formula is C23H25ClN4O5S. The summed E-state index contributed by atoms with van der Waals surface area (Å²) in [5.74, 6) is -0.512. The maximum atomic E-state index is 13.6. The molecular weight excluding hydrogens is 480 g/mol. The van der Waals surface area contributed by atoms with Gasteiger partial charge in [0.1, 0.15) is 10.8 Å². The first kappa shape index (κ1) is 24.0. The number of pyridine rings is 1. The van der Waals surface area contributed by atoms with Crippen LogP contribution in [0.1, 0.15) is 32.4 Å². The van der Waals surface area contributed by atoms with Gasteiger partial charge >= 0.3 is 6.09 Å². The molecule has 1 aliphatic rings. The maximum Gasteiger partial charge on any atom is 0.405 e. The number of aromatic nitrogens is 2. The first-order chi connectivity index (χ1) is 16.0. The SMILES string of the molecule is CC(C)(C[C@@H]1CCN(Cc2cc3c(Cl)nccc3n2S(=O)(=O)c2ccccc2)C1=O)OC(N)=O. The summed E-state index contributed by atoms with van der Waals surface area (Å²) in [5, 5.41) is 0.662. The van der Waals surface area contributed by atoms with Gasteiger partial charge < -0.3 is 15.4 Å². The molecule has 1 aliphatic heterocycles. The van der Waals surface area contributed by atoms with Crippen LogP contribution in [0, 0.1) is 5.92 Å². The summed E-state index contributed by atoms with van der Waals surface area (Å²) in [5.41, 5.74) is 5.03. The van der Waals surface area contributed by atoms with Gasteiger partial charge in [-0.15, -0.1) is 0 Å². The van der Waals surface area contributed by atoms with E-state index in [1.54, 1.807) is 49.1 Å². The van der Waals surface area contributed by atoms with Gasteiger partial charge in [0.2, 0.25) is 5.91 Å². The Bertz CT molecular complexity index is 1350. The predicted octanol–water partition coefficient (Wildman–Crippen LogP) is 3.54. The molecule has 1 atom stereocenters. The van der Waals surface area contributed by atoms with Gasteiger partial charge in [0.25, 0.3) is 10.0 Å². The lowest BCUT2D eigenvalue weighted by Gasteiger charge is -2.26. The van der Waals surface area contributed by atoms with E-state index < -0.39 is 21.7 Å². The van der Waals surface area contributed by atoms with Gasteiger partial charge in [-0.1, -0.05) is 29.8 Å². The summed E-state index contributed by atoms with van der Waals surface area (Å²) >= 11 is 6.27. The molecule has 0 spiro atoms. The van der Waals surface area contributed by atoms with Crippen molar-refractivity contribution >= 4 is 44.5 Å². The molecule has 9 nitrogen and oxygen atoms in total. The van der Waals surface area contributed by atoms with E-state index in [2.05, 4.69) is 4.98 Å². The highest BCUT2D eigenvalue weighted by Gasteiger charge is 2.38. The number of rotatable bonds is 7. The molecule has 2 aromatic heterocycles. The van der Waals surface area contributed by atoms with Crippen LogP contribution in [0.15, 0.2) is 53.6 Å². The van der Waals surface area contributed by atoms with Gasteiger partial charge in [-0.2, -0.15) is 0 Å². The van der Waals surface area contributed by atoms with E-state index in [1.165, 1.54) is 22.3 Å². The molecule has 0 radical (unpaired) electrons. The molecule has 0 aliphatic carbocycles. The minimum absolute atomic E-state index is 0.0729. The minimum atomic E-state index is -3.96. The average molecular weight is 505 g/mol. The summed E-state index contributed by atoms with van der Waals surface area (Å²) in [4.78, 5) is 30.1. The number of carbonyl (C=O) groups excluding carboxylic acids is 2. The summed E-state index contributed by atoms with van der Waals surface area (Å²) < 4.78 is 33.5. The highest BCUT2D eigenvalue weighted by atomic mass is 35.5. The normalized spacial score (nSPS) is 16.9. The number of benzene rings is 1. The number of nitrogens with zero attached hydrogens (tertiary/aromatic N) is 3. The van der Waals surface area contributed by atoms with E-state index in [0.717, 1.165) is 0 Å². The quantitative estimate of drug-likeness (QED) is 0.490. The van der Waals surface area contributed by atoms with Crippen molar-refractivity contribution in [3.8, 4) is 0 Å². The highest BCUT2D eigenvalue weighted by Crippen LogP contribution is 2.33. The first-order valence-electron chi connectivity index (χ1n) is 10.7. The van der Waals surface area contributed by atoms with Crippen LogP contribution in [0.3, 0.4) is 0 Å². The summed E-state index contributed by atoms with van der Waals surface area (Å²) in [6.07, 6.45) is 1.42. The van der Waals surface area contributed by atoms with Crippen LogP contribution < -0.4 is 5.73 Å². The van der Waals surface area contributed by atoms with Crippen molar-refractivity contribution in [3.63, 3.8) is 0 Å². The lowest BCUT2D eigenvalue weighted by atomic mass is 9.92. The number of fused-ring (bicyclic) bond motifs is 1. The fourth-order valence-corrected chi connectivity index (χ4v) is 6.23. The predicted molar refractivity (Wildman–Crippen MR) is 127 cm³/mol. The lowest BCUT2D eigenvalue weighted by molar-refractivity contribution is -0.133. The molecule has 34 heavy (non-hydrogen) atoms. The molecule has 4 rings (SSSR count). The van der Waals surface area contributed by atoms with Crippen LogP contribution in [0.4, 0.5) is 4.79 Å². The second-order valence-corrected chi connectivity index (χ2v) is 11.0. The smallest absolute Gasteiger partial charge is 0.405 e. The van der Waals surface area contributed by atoms with E-state index in [-0.39, 0.29) is 28.4 Å². The standard InChI is InChI=1S/C23H25ClN4O5S/c1-23(2,33-22(25)30)13-15-9-11-27(21(15)29)14-16-12-18-19(8-10-26-20(18)24)28(16)34(31,32)17-6-4-3-5-7-17/h3-8,10,12,15H,9,11,13-14H2,1-2H3,(H2,25,30)/t15-/m0/s1. The molecule has 1 fully saturated rings. The minimum Gasteiger partial charge on any atom is -0.444 e. The van der Waals surface area contributed by atoms with Gasteiger partial charge in [0.05, 0.1) is 22.7 Å². The third-order valence-corrected chi connectivity index (χ3v) is 7.95. The van der Waals surface area contributed by atoms with E-state index in [9.17, 15) is 18.0 Å². The van der Waals surface area contributed by atoms with Crippen LogP contribution in [-0.4, -0.2) is 46.4 Å². The van der Waals surface area contributed by atoms with Gasteiger partial charge in [-0.25, -0.2) is 22.2 Å². The van der Waals surface area contributed by atoms with Gasteiger partial charge in [-0.05, 0) is 51.0 Å². The number of halogens is 1. The van der Waals surface area contributed by atoms with Crippen LogP contribution >= 0.6 is 11.6 Å². The molecule has 3 aromatic rings. The van der Waals surface area contributed by atoms with Crippen LogP contribution in [0.2, 0.25) is 5.15 Å². The van der Waals surface area contributed by atoms with Crippen LogP contribution in [0.25, 0.3) is 10.9 Å². The Morgan fingerprint density at radius 3 is 2.65 bits per heavy atom. The number of amides is 2. The fraction of sp³-hybridized carbons (Fsp3) is 0.348. The topological polar surface area (TPSA) is 125 Å². The summed E-state index contributed by atoms with van der Waals surface area (Å²) in [6, 6.07) is 11.3. The summed E-state index contributed by atoms with van der Waals surface area (Å²) in [6.45, 7) is 3.92. The number of likely N-dealkylation sites (tertiary alicyclic amines) is 1. The van der Waals surface area contributed by atoms with Crippen LogP contribution in [0.5, 0.6) is 0 Å². The number of primary amides is 1. The number of nitrogens with two attached hydrogens (primary N) is 1. The Morgan fingerprint density at radius 2 is 1.97 bits per heavy atom. The zero-order chi connectivity index (χ0) is 24.7. The molecule has 180 valence electrons. The lowest BCUT2D eigenvalue weighted by Crippen LogP contribution is -2.36. The third-order valence-electron chi connectivity index (χ3n) is 5.87. The maximum absolute atomic E-state index is 13.6. The molecule has 0 saturated carbocycles. The van der Waals surface area contributed by atoms with Gasteiger partial charge in [-0.3, -0.25) is 4.79 Å². The van der Waals surface area contributed by atoms with Crippen molar-refractivity contribution in [2.24, 2.45) is 11.7 Å². The van der Waals surface area contributed by atoms with E-state index in [0.29, 0.717) is 36.0 Å².